The average molecular weight is 253 g/mol. The number of benzene rings is 1. The first-order valence-corrected chi connectivity index (χ1v) is 6.07. The summed E-state index contributed by atoms with van der Waals surface area (Å²) in [6.45, 7) is 4.15. The third kappa shape index (κ3) is 2.60. The summed E-state index contributed by atoms with van der Waals surface area (Å²) in [6.07, 6.45) is -0.0417. The van der Waals surface area contributed by atoms with Gasteiger partial charge in [0.15, 0.2) is 0 Å². The van der Waals surface area contributed by atoms with Crippen LogP contribution in [0, 0.1) is 11.8 Å². The fraction of sp³-hybridized carbons (Fsp3) is 0.400. The Kier molecular flexibility index (Phi) is 3.51. The van der Waals surface area contributed by atoms with Crippen molar-refractivity contribution in [2.75, 3.05) is 0 Å². The maximum Gasteiger partial charge on any atom is 0.416 e. The first kappa shape index (κ1) is 13.2. The van der Waals surface area contributed by atoms with E-state index in [-0.39, 0.29) is 0 Å². The van der Waals surface area contributed by atoms with Crippen molar-refractivity contribution in [3.8, 4) is 0 Å². The van der Waals surface area contributed by atoms with Crippen molar-refractivity contribution in [1.82, 2.24) is 0 Å². The Labute approximate surface area is 106 Å². The molecule has 0 aliphatic heterocycles. The van der Waals surface area contributed by atoms with Crippen molar-refractivity contribution in [2.45, 2.75) is 32.9 Å². The molecule has 1 aliphatic rings. The molecule has 2 rings (SSSR count). The molecule has 18 heavy (non-hydrogen) atoms. The molecule has 0 unspecified atom stereocenters. The summed E-state index contributed by atoms with van der Waals surface area (Å²) < 4.78 is 37.4. The van der Waals surface area contributed by atoms with Gasteiger partial charge in [0, 0.05) is 0 Å². The summed E-state index contributed by atoms with van der Waals surface area (Å²) in [4.78, 5) is 0. The molecule has 1 aliphatic carbocycles. The van der Waals surface area contributed by atoms with Gasteiger partial charge in [-0.2, -0.15) is 13.2 Å². The Balaban J connectivity index is 2.25. The molecule has 0 aromatic heterocycles. The quantitative estimate of drug-likeness (QED) is 0.686. The van der Waals surface area contributed by atoms with E-state index in [1.165, 1.54) is 11.5 Å². The van der Waals surface area contributed by atoms with E-state index in [1.54, 1.807) is 12.1 Å². The van der Waals surface area contributed by atoms with E-state index < -0.39 is 11.7 Å². The Bertz CT molecular complexity index is 438. The van der Waals surface area contributed by atoms with Crippen molar-refractivity contribution in [1.29, 1.82) is 0 Å². The normalized spacial score (nSPS) is 20.3. The second-order valence-corrected chi connectivity index (χ2v) is 4.94. The van der Waals surface area contributed by atoms with Gasteiger partial charge in [0.2, 0.25) is 0 Å². The van der Waals surface area contributed by atoms with Gasteiger partial charge in [0.05, 0.1) is 5.56 Å². The number of hydrogen-bond donors (Lipinski definition) is 0. The number of allylic oxidation sites excluding steroid dienone is 2. The van der Waals surface area contributed by atoms with E-state index in [4.69, 9.17) is 0 Å². The summed E-state index contributed by atoms with van der Waals surface area (Å²) in [5, 5.41) is 0. The van der Waals surface area contributed by atoms with Crippen LogP contribution in [0.25, 0.3) is 5.57 Å². The Morgan fingerprint density at radius 2 is 1.72 bits per heavy atom. The zero-order valence-electron chi connectivity index (χ0n) is 10.5. The second-order valence-electron chi connectivity index (χ2n) is 4.94. The predicted molar refractivity (Wildman–Crippen MR) is 66.7 cm³/mol. The van der Waals surface area contributed by atoms with Crippen molar-refractivity contribution >= 4 is 5.57 Å². The van der Waals surface area contributed by atoms with E-state index >= 15 is 0 Å². The maximum atomic E-state index is 12.5. The van der Waals surface area contributed by atoms with Crippen molar-refractivity contribution in [3.63, 3.8) is 0 Å². The molecule has 0 nitrogen and oxygen atoms in total. The molecule has 0 saturated heterocycles. The van der Waals surface area contributed by atoms with Crippen LogP contribution in [0.15, 0.2) is 30.3 Å². The Hall–Kier alpha value is -1.25. The summed E-state index contributed by atoms with van der Waals surface area (Å²) in [5.41, 5.74) is 1.49. The van der Waals surface area contributed by atoms with Crippen LogP contribution < -0.4 is 0 Å². The van der Waals surface area contributed by atoms with Gasteiger partial charge < -0.3 is 0 Å². The number of rotatable bonds is 2. The minimum absolute atomic E-state index is 0.390. The Morgan fingerprint density at radius 3 is 2.22 bits per heavy atom. The first-order chi connectivity index (χ1) is 8.39. The summed E-state index contributed by atoms with van der Waals surface area (Å²) >= 11 is 0. The smallest absolute Gasteiger partial charge is 0.166 e. The monoisotopic (exact) mass is 253 g/mol. The lowest BCUT2D eigenvalue weighted by molar-refractivity contribution is -0.137. The molecule has 0 fully saturated rings. The van der Waals surface area contributed by atoms with Crippen molar-refractivity contribution < 1.29 is 13.2 Å². The third-order valence-electron chi connectivity index (χ3n) is 3.44. The van der Waals surface area contributed by atoms with Gasteiger partial charge in [-0.25, -0.2) is 0 Å². The van der Waals surface area contributed by atoms with Crippen LogP contribution in [0.3, 0.4) is 0 Å². The molecule has 0 bridgehead atoms. The zero-order valence-corrected chi connectivity index (χ0v) is 10.5. The zero-order chi connectivity index (χ0) is 13.3. The van der Waals surface area contributed by atoms with Crippen LogP contribution >= 0.6 is 0 Å². The van der Waals surface area contributed by atoms with Crippen LogP contribution in [0.5, 0.6) is 0 Å². The lowest BCUT2D eigenvalue weighted by atomic mass is 9.86. The molecule has 1 aromatic rings. The minimum Gasteiger partial charge on any atom is -0.166 e. The van der Waals surface area contributed by atoms with E-state index in [9.17, 15) is 13.2 Å². The second kappa shape index (κ2) is 4.79. The predicted octanol–water partition coefficient (Wildman–Crippen LogP) is 5.11. The molecule has 0 spiro atoms. The molecular formula is C15H16F3. The third-order valence-corrected chi connectivity index (χ3v) is 3.44. The van der Waals surface area contributed by atoms with Crippen LogP contribution in [0.1, 0.15) is 37.8 Å². The van der Waals surface area contributed by atoms with Gasteiger partial charge in [0.25, 0.3) is 0 Å². The molecule has 0 heterocycles. The molecule has 3 heteroatoms. The van der Waals surface area contributed by atoms with Gasteiger partial charge >= 0.3 is 6.18 Å². The van der Waals surface area contributed by atoms with Gasteiger partial charge in [-0.3, -0.25) is 0 Å². The van der Waals surface area contributed by atoms with Gasteiger partial charge in [0.1, 0.15) is 0 Å². The number of halogens is 3. The molecular weight excluding hydrogens is 237 g/mol. The van der Waals surface area contributed by atoms with Crippen LogP contribution in [0.2, 0.25) is 0 Å². The molecule has 0 amide bonds. The number of hydrogen-bond acceptors (Lipinski definition) is 0. The molecule has 97 valence electrons. The van der Waals surface area contributed by atoms with Gasteiger partial charge in [-0.15, -0.1) is 0 Å². The lowest BCUT2D eigenvalue weighted by Crippen LogP contribution is -2.07. The van der Waals surface area contributed by atoms with Crippen LogP contribution in [-0.4, -0.2) is 0 Å². The summed E-state index contributed by atoms with van der Waals surface area (Å²) in [7, 11) is 0. The largest absolute Gasteiger partial charge is 0.416 e. The van der Waals surface area contributed by atoms with E-state index in [0.29, 0.717) is 5.92 Å². The summed E-state index contributed by atoms with van der Waals surface area (Å²) in [6, 6.07) is 5.49. The summed E-state index contributed by atoms with van der Waals surface area (Å²) in [5.74, 6) is 1.71. The van der Waals surface area contributed by atoms with E-state index in [0.717, 1.165) is 30.5 Å². The molecule has 1 atom stereocenters. The highest BCUT2D eigenvalue weighted by atomic mass is 19.4. The molecule has 0 saturated carbocycles. The highest BCUT2D eigenvalue weighted by Crippen LogP contribution is 2.40. The average Bonchev–Trinajstić information content (AvgIpc) is 2.77. The minimum atomic E-state index is -4.26. The van der Waals surface area contributed by atoms with Gasteiger partial charge in [-0.1, -0.05) is 32.1 Å². The van der Waals surface area contributed by atoms with Crippen LogP contribution in [0.4, 0.5) is 13.2 Å². The molecule has 1 aromatic carbocycles. The lowest BCUT2D eigenvalue weighted by Gasteiger charge is -2.19. The van der Waals surface area contributed by atoms with Crippen LogP contribution in [-0.2, 0) is 6.18 Å². The van der Waals surface area contributed by atoms with Gasteiger partial charge in [-0.05, 0) is 47.9 Å². The first-order valence-electron chi connectivity index (χ1n) is 6.07. The fourth-order valence-electron chi connectivity index (χ4n) is 2.47. The topological polar surface area (TPSA) is 0 Å². The Morgan fingerprint density at radius 1 is 1.11 bits per heavy atom. The maximum absolute atomic E-state index is 12.5. The van der Waals surface area contributed by atoms with E-state index in [2.05, 4.69) is 19.9 Å². The molecule has 1 radical (unpaired) electrons. The number of alkyl halides is 3. The molecule has 0 N–H and O–H groups in total. The van der Waals surface area contributed by atoms with Crippen molar-refractivity contribution in [2.24, 2.45) is 5.92 Å². The van der Waals surface area contributed by atoms with Crippen molar-refractivity contribution in [3.05, 3.63) is 47.4 Å². The highest BCUT2D eigenvalue weighted by Gasteiger charge is 2.30. The van der Waals surface area contributed by atoms with E-state index in [1.807, 2.05) is 0 Å². The SMILES string of the molecule is C[C](C)[C@H]1CCC=C1c1ccc(C(F)(F)F)cc1. The fourth-order valence-corrected chi connectivity index (χ4v) is 2.47. The standard InChI is InChI=1S/C15H16F3/c1-10(2)13-4-3-5-14(13)11-6-8-12(9-7-11)15(16,17)18/h5-9,13H,3-4H2,1-2H3/t13-/m1/s1. The highest BCUT2D eigenvalue weighted by molar-refractivity contribution is 5.71.